The summed E-state index contributed by atoms with van der Waals surface area (Å²) in [7, 11) is 1.29. The SMILES string of the molecule is COC(=O)c1sc(C(C)(C)C)cc1NC(=O)/C(=N\O)c1ccc(OCCN2CCOCC2)c2ccccc12. The predicted octanol–water partition coefficient (Wildman–Crippen LogP) is 4.51. The molecule has 1 aliphatic rings. The third kappa shape index (κ3) is 6.15. The number of fused-ring (bicyclic) bond motifs is 1. The normalized spacial score (nSPS) is 14.9. The van der Waals surface area contributed by atoms with Crippen LogP contribution >= 0.6 is 11.3 Å². The first-order valence-corrected chi connectivity index (χ1v) is 13.3. The minimum absolute atomic E-state index is 0.180. The molecule has 9 nitrogen and oxygen atoms in total. The fourth-order valence-electron chi connectivity index (χ4n) is 4.21. The van der Waals surface area contributed by atoms with Crippen molar-refractivity contribution < 1.29 is 29.0 Å². The molecule has 0 saturated carbocycles. The van der Waals surface area contributed by atoms with E-state index in [2.05, 4.69) is 15.4 Å². The second kappa shape index (κ2) is 11.9. The Balaban J connectivity index is 1.58. The molecule has 1 fully saturated rings. The highest BCUT2D eigenvalue weighted by Crippen LogP contribution is 2.36. The van der Waals surface area contributed by atoms with E-state index in [4.69, 9.17) is 14.2 Å². The Labute approximate surface area is 226 Å². The molecule has 0 spiro atoms. The molecule has 0 atom stereocenters. The summed E-state index contributed by atoms with van der Waals surface area (Å²) in [6.45, 7) is 10.6. The van der Waals surface area contributed by atoms with E-state index in [1.54, 1.807) is 18.2 Å². The smallest absolute Gasteiger partial charge is 0.350 e. The first-order valence-electron chi connectivity index (χ1n) is 12.4. The molecule has 0 unspecified atom stereocenters. The van der Waals surface area contributed by atoms with Gasteiger partial charge in [-0.1, -0.05) is 50.2 Å². The number of nitrogens with one attached hydrogen (secondary N) is 1. The van der Waals surface area contributed by atoms with Crippen LogP contribution in [0.1, 0.15) is 40.9 Å². The van der Waals surface area contributed by atoms with Gasteiger partial charge in [0.15, 0.2) is 5.71 Å². The number of benzene rings is 2. The van der Waals surface area contributed by atoms with E-state index in [1.165, 1.54) is 18.4 Å². The Morgan fingerprint density at radius 3 is 2.50 bits per heavy atom. The highest BCUT2D eigenvalue weighted by Gasteiger charge is 2.27. The lowest BCUT2D eigenvalue weighted by atomic mass is 9.94. The standard InChI is InChI=1S/C28H33N3O6S/c1-28(2,3)23-17-21(25(38-23)27(33)35-4)29-26(32)24(30-34)20-9-10-22(19-8-6-5-7-18(19)20)37-16-13-31-11-14-36-15-12-31/h5-10,17,34H,11-16H2,1-4H3,(H,29,32)/b30-24-. The lowest BCUT2D eigenvalue weighted by Gasteiger charge is -2.26. The quantitative estimate of drug-likeness (QED) is 0.188. The number of esters is 1. The molecule has 3 aromatic rings. The molecule has 4 rings (SSSR count). The van der Waals surface area contributed by atoms with Crippen LogP contribution in [-0.2, 0) is 19.7 Å². The zero-order valence-corrected chi connectivity index (χ0v) is 22.9. The van der Waals surface area contributed by atoms with E-state index in [0.717, 1.165) is 43.1 Å². The zero-order chi connectivity index (χ0) is 27.3. The third-order valence-electron chi connectivity index (χ3n) is 6.31. The number of hydrogen-bond acceptors (Lipinski definition) is 9. The third-order valence-corrected chi connectivity index (χ3v) is 7.85. The number of thiophene rings is 1. The van der Waals surface area contributed by atoms with Gasteiger partial charge in [0.1, 0.15) is 17.2 Å². The van der Waals surface area contributed by atoms with E-state index in [-0.39, 0.29) is 16.0 Å². The summed E-state index contributed by atoms with van der Waals surface area (Å²) in [6, 6.07) is 12.7. The van der Waals surface area contributed by atoms with E-state index in [1.807, 2.05) is 45.0 Å². The van der Waals surface area contributed by atoms with Gasteiger partial charge in [0, 0.05) is 35.5 Å². The Bertz CT molecular complexity index is 1340. The molecule has 2 N–H and O–H groups in total. The van der Waals surface area contributed by atoms with Crippen LogP contribution in [0.3, 0.4) is 0 Å². The van der Waals surface area contributed by atoms with Crippen molar-refractivity contribution in [3.05, 3.63) is 57.8 Å². The number of hydrogen-bond donors (Lipinski definition) is 2. The first kappa shape index (κ1) is 27.6. The van der Waals surface area contributed by atoms with Crippen LogP contribution < -0.4 is 10.1 Å². The average Bonchev–Trinajstić information content (AvgIpc) is 3.34. The largest absolute Gasteiger partial charge is 0.492 e. The Morgan fingerprint density at radius 1 is 1.13 bits per heavy atom. The Hall–Kier alpha value is -3.47. The predicted molar refractivity (Wildman–Crippen MR) is 148 cm³/mol. The molecule has 0 radical (unpaired) electrons. The summed E-state index contributed by atoms with van der Waals surface area (Å²) < 4.78 is 16.4. The van der Waals surface area contributed by atoms with Crippen molar-refractivity contribution in [1.82, 2.24) is 4.90 Å². The number of oxime groups is 1. The van der Waals surface area contributed by atoms with Crippen LogP contribution in [0.15, 0.2) is 47.6 Å². The fourth-order valence-corrected chi connectivity index (χ4v) is 5.30. The van der Waals surface area contributed by atoms with Crippen molar-refractivity contribution in [2.24, 2.45) is 5.16 Å². The molecule has 1 amide bonds. The van der Waals surface area contributed by atoms with Gasteiger partial charge in [-0.25, -0.2) is 4.79 Å². The molecule has 38 heavy (non-hydrogen) atoms. The van der Waals surface area contributed by atoms with Gasteiger partial charge in [0.2, 0.25) is 0 Å². The van der Waals surface area contributed by atoms with Crippen LogP contribution in [0.2, 0.25) is 0 Å². The summed E-state index contributed by atoms with van der Waals surface area (Å²) in [5.74, 6) is -0.523. The summed E-state index contributed by atoms with van der Waals surface area (Å²) >= 11 is 1.26. The topological polar surface area (TPSA) is 110 Å². The number of morpholine rings is 1. The van der Waals surface area contributed by atoms with Crippen molar-refractivity contribution >= 4 is 45.4 Å². The van der Waals surface area contributed by atoms with Crippen molar-refractivity contribution in [3.8, 4) is 5.75 Å². The van der Waals surface area contributed by atoms with Gasteiger partial charge in [-0.15, -0.1) is 11.3 Å². The van der Waals surface area contributed by atoms with Crippen LogP contribution in [0, 0.1) is 0 Å². The summed E-state index contributed by atoms with van der Waals surface area (Å²) in [5.41, 5.74) is 0.329. The van der Waals surface area contributed by atoms with Gasteiger partial charge in [-0.05, 0) is 29.0 Å². The van der Waals surface area contributed by atoms with Crippen molar-refractivity contribution in [1.29, 1.82) is 0 Å². The Kier molecular flexibility index (Phi) is 8.65. The molecule has 202 valence electrons. The Morgan fingerprint density at radius 2 is 1.84 bits per heavy atom. The number of carbonyl (C=O) groups is 2. The molecule has 10 heteroatoms. The highest BCUT2D eigenvalue weighted by atomic mass is 32.1. The number of methoxy groups -OCH3 is 1. The molecule has 1 saturated heterocycles. The number of nitrogens with zero attached hydrogens (tertiary/aromatic N) is 2. The van der Waals surface area contributed by atoms with Gasteiger partial charge in [-0.2, -0.15) is 0 Å². The van der Waals surface area contributed by atoms with Crippen LogP contribution in [0.25, 0.3) is 10.8 Å². The summed E-state index contributed by atoms with van der Waals surface area (Å²) in [5, 5.41) is 17.5. The highest BCUT2D eigenvalue weighted by molar-refractivity contribution is 7.14. The van der Waals surface area contributed by atoms with E-state index in [0.29, 0.717) is 29.0 Å². The molecule has 1 aliphatic heterocycles. The summed E-state index contributed by atoms with van der Waals surface area (Å²) in [4.78, 5) is 29.2. The summed E-state index contributed by atoms with van der Waals surface area (Å²) in [6.07, 6.45) is 0. The number of carbonyl (C=O) groups excluding carboxylic acids is 2. The number of ether oxygens (including phenoxy) is 3. The average molecular weight is 540 g/mol. The lowest BCUT2D eigenvalue weighted by molar-refractivity contribution is -0.110. The van der Waals surface area contributed by atoms with Gasteiger partial charge >= 0.3 is 5.97 Å². The zero-order valence-electron chi connectivity index (χ0n) is 22.1. The molecule has 1 aromatic heterocycles. The van der Waals surface area contributed by atoms with Gasteiger partial charge in [0.05, 0.1) is 26.0 Å². The maximum Gasteiger partial charge on any atom is 0.350 e. The van der Waals surface area contributed by atoms with Gasteiger partial charge in [0.25, 0.3) is 5.91 Å². The lowest BCUT2D eigenvalue weighted by Crippen LogP contribution is -2.38. The minimum Gasteiger partial charge on any atom is -0.492 e. The van der Waals surface area contributed by atoms with Crippen molar-refractivity contribution in [3.63, 3.8) is 0 Å². The number of rotatable bonds is 8. The van der Waals surface area contributed by atoms with E-state index >= 15 is 0 Å². The van der Waals surface area contributed by atoms with Crippen molar-refractivity contribution in [2.45, 2.75) is 26.2 Å². The molecular weight excluding hydrogens is 506 g/mol. The van der Waals surface area contributed by atoms with Crippen LogP contribution in [0.4, 0.5) is 5.69 Å². The molecule has 0 bridgehead atoms. The molecule has 2 aromatic carbocycles. The maximum atomic E-state index is 13.3. The van der Waals surface area contributed by atoms with E-state index in [9.17, 15) is 14.8 Å². The van der Waals surface area contributed by atoms with Gasteiger partial charge in [-0.3, -0.25) is 9.69 Å². The molecule has 2 heterocycles. The maximum absolute atomic E-state index is 13.3. The first-order chi connectivity index (χ1) is 18.2. The van der Waals surface area contributed by atoms with Crippen LogP contribution in [-0.4, -0.2) is 74.3 Å². The fraction of sp³-hybridized carbons (Fsp3) is 0.393. The second-order valence-electron chi connectivity index (χ2n) is 9.96. The monoisotopic (exact) mass is 539 g/mol. The number of amides is 1. The number of anilines is 1. The van der Waals surface area contributed by atoms with E-state index < -0.39 is 11.9 Å². The van der Waals surface area contributed by atoms with Crippen LogP contribution in [0.5, 0.6) is 5.75 Å². The van der Waals surface area contributed by atoms with Gasteiger partial charge < -0.3 is 24.7 Å². The second-order valence-corrected chi connectivity index (χ2v) is 11.0. The molecule has 0 aliphatic carbocycles. The van der Waals surface area contributed by atoms with Crippen molar-refractivity contribution in [2.75, 3.05) is 51.9 Å². The minimum atomic E-state index is -0.651. The molecular formula is C28H33N3O6S.